The summed E-state index contributed by atoms with van der Waals surface area (Å²) in [6, 6.07) is 16.8. The van der Waals surface area contributed by atoms with Crippen molar-refractivity contribution in [3.05, 3.63) is 65.2 Å². The molecule has 2 aromatic carbocycles. The number of carbonyl (C=O) groups excluding carboxylic acids is 1. The monoisotopic (exact) mass is 408 g/mol. The lowest BCUT2D eigenvalue weighted by molar-refractivity contribution is -0.127. The van der Waals surface area contributed by atoms with Crippen molar-refractivity contribution in [1.82, 2.24) is 10.2 Å². The van der Waals surface area contributed by atoms with Gasteiger partial charge in [0.2, 0.25) is 5.91 Å². The second kappa shape index (κ2) is 10.6. The van der Waals surface area contributed by atoms with E-state index in [2.05, 4.69) is 67.4 Å². The molecule has 1 aliphatic rings. The minimum absolute atomic E-state index is 0.0497. The molecule has 1 unspecified atom stereocenters. The van der Waals surface area contributed by atoms with Crippen LogP contribution < -0.4 is 10.1 Å². The molecule has 1 atom stereocenters. The quantitative estimate of drug-likeness (QED) is 0.659. The van der Waals surface area contributed by atoms with Crippen molar-refractivity contribution < 1.29 is 9.53 Å². The number of aryl methyl sites for hydroxylation is 1. The molecule has 0 spiro atoms. The average molecular weight is 409 g/mol. The van der Waals surface area contributed by atoms with Crippen LogP contribution in [-0.4, -0.2) is 31.0 Å². The van der Waals surface area contributed by atoms with Crippen LogP contribution in [0.4, 0.5) is 0 Å². The summed E-state index contributed by atoms with van der Waals surface area (Å²) in [5.41, 5.74) is 3.81. The lowest BCUT2D eigenvalue weighted by atomic mass is 9.92. The Kier molecular flexibility index (Phi) is 7.92. The molecule has 2 aromatic rings. The number of methoxy groups -OCH3 is 1. The van der Waals surface area contributed by atoms with E-state index in [-0.39, 0.29) is 17.9 Å². The molecule has 1 aliphatic heterocycles. The second-order valence-corrected chi connectivity index (χ2v) is 9.00. The molecule has 4 nitrogen and oxygen atoms in total. The van der Waals surface area contributed by atoms with Gasteiger partial charge in [-0.15, -0.1) is 0 Å². The van der Waals surface area contributed by atoms with E-state index in [1.165, 1.54) is 11.1 Å². The minimum atomic E-state index is 0.0497. The number of ether oxygens (including phenoxy) is 1. The highest BCUT2D eigenvalue weighted by Crippen LogP contribution is 2.26. The van der Waals surface area contributed by atoms with Gasteiger partial charge in [-0.2, -0.15) is 0 Å². The number of hydrogen-bond acceptors (Lipinski definition) is 3. The zero-order chi connectivity index (χ0) is 21.5. The van der Waals surface area contributed by atoms with E-state index in [0.717, 1.165) is 50.2 Å². The Balaban J connectivity index is 1.55. The summed E-state index contributed by atoms with van der Waals surface area (Å²) in [6.07, 6.45) is 2.79. The third kappa shape index (κ3) is 6.33. The fraction of sp³-hybridized carbons (Fsp3) is 0.500. The summed E-state index contributed by atoms with van der Waals surface area (Å²) < 4.78 is 5.27. The molecular formula is C26H36N2O2. The highest BCUT2D eigenvalue weighted by molar-refractivity contribution is 5.79. The Morgan fingerprint density at radius 2 is 1.83 bits per heavy atom. The van der Waals surface area contributed by atoms with Crippen LogP contribution in [0.15, 0.2) is 48.5 Å². The predicted octanol–water partition coefficient (Wildman–Crippen LogP) is 5.12. The van der Waals surface area contributed by atoms with Gasteiger partial charge >= 0.3 is 0 Å². The molecule has 1 N–H and O–H groups in total. The number of likely N-dealkylation sites (tertiary alicyclic amines) is 1. The Hall–Kier alpha value is -2.33. The molecule has 1 saturated heterocycles. The molecule has 0 radical (unpaired) electrons. The van der Waals surface area contributed by atoms with Crippen LogP contribution in [0.2, 0.25) is 0 Å². The van der Waals surface area contributed by atoms with Crippen LogP contribution in [0, 0.1) is 18.8 Å². The highest BCUT2D eigenvalue weighted by atomic mass is 16.5. The van der Waals surface area contributed by atoms with Crippen LogP contribution in [0.1, 0.15) is 55.8 Å². The Morgan fingerprint density at radius 3 is 2.43 bits per heavy atom. The number of nitrogens with one attached hydrogen (secondary N) is 1. The molecule has 1 fully saturated rings. The van der Waals surface area contributed by atoms with Crippen molar-refractivity contribution in [3.8, 4) is 5.75 Å². The zero-order valence-corrected chi connectivity index (χ0v) is 18.9. The smallest absolute Gasteiger partial charge is 0.223 e. The van der Waals surface area contributed by atoms with Gasteiger partial charge in [-0.05, 0) is 68.5 Å². The van der Waals surface area contributed by atoms with E-state index in [1.807, 2.05) is 12.1 Å². The molecule has 0 saturated carbocycles. The number of nitrogens with zero attached hydrogens (tertiary/aromatic N) is 1. The van der Waals surface area contributed by atoms with E-state index in [0.29, 0.717) is 5.92 Å². The van der Waals surface area contributed by atoms with E-state index >= 15 is 0 Å². The maximum Gasteiger partial charge on any atom is 0.223 e. The molecular weight excluding hydrogens is 372 g/mol. The molecule has 0 bridgehead atoms. The van der Waals surface area contributed by atoms with Crippen molar-refractivity contribution >= 4 is 5.91 Å². The Labute approximate surface area is 181 Å². The number of benzene rings is 2. The van der Waals surface area contributed by atoms with E-state index in [9.17, 15) is 4.79 Å². The van der Waals surface area contributed by atoms with Gasteiger partial charge in [-0.1, -0.05) is 55.8 Å². The molecule has 30 heavy (non-hydrogen) atoms. The average Bonchev–Trinajstić information content (AvgIpc) is 2.73. The summed E-state index contributed by atoms with van der Waals surface area (Å²) in [7, 11) is 1.67. The Bertz CT molecular complexity index is 808. The maximum absolute atomic E-state index is 13.0. The highest BCUT2D eigenvalue weighted by Gasteiger charge is 2.27. The van der Waals surface area contributed by atoms with E-state index < -0.39 is 0 Å². The van der Waals surface area contributed by atoms with Gasteiger partial charge in [-0.25, -0.2) is 0 Å². The predicted molar refractivity (Wildman–Crippen MR) is 123 cm³/mol. The largest absolute Gasteiger partial charge is 0.497 e. The zero-order valence-electron chi connectivity index (χ0n) is 18.9. The van der Waals surface area contributed by atoms with Gasteiger partial charge in [0.25, 0.3) is 0 Å². The number of rotatable bonds is 8. The maximum atomic E-state index is 13.0. The summed E-state index contributed by atoms with van der Waals surface area (Å²) in [4.78, 5) is 15.5. The summed E-state index contributed by atoms with van der Waals surface area (Å²) >= 11 is 0. The first-order chi connectivity index (χ1) is 14.4. The van der Waals surface area contributed by atoms with Crippen LogP contribution in [-0.2, 0) is 11.3 Å². The molecule has 1 heterocycles. The van der Waals surface area contributed by atoms with E-state index in [1.54, 1.807) is 7.11 Å². The first-order valence-corrected chi connectivity index (χ1v) is 11.2. The van der Waals surface area contributed by atoms with Gasteiger partial charge < -0.3 is 10.1 Å². The van der Waals surface area contributed by atoms with Gasteiger partial charge in [0.1, 0.15) is 5.75 Å². The third-order valence-corrected chi connectivity index (χ3v) is 5.99. The van der Waals surface area contributed by atoms with Crippen LogP contribution in [0.5, 0.6) is 5.75 Å². The number of hydrogen-bond donors (Lipinski definition) is 1. The number of piperidine rings is 1. The van der Waals surface area contributed by atoms with Gasteiger partial charge in [-0.3, -0.25) is 9.69 Å². The SMILES string of the molecule is COc1ccc(C(CC(C)C)NC(=O)C2CCN(Cc3cccc(C)c3)CC2)cc1. The number of amides is 1. The van der Waals surface area contributed by atoms with Crippen molar-refractivity contribution in [2.24, 2.45) is 11.8 Å². The van der Waals surface area contributed by atoms with Gasteiger partial charge in [0.05, 0.1) is 13.2 Å². The second-order valence-electron chi connectivity index (χ2n) is 9.00. The van der Waals surface area contributed by atoms with Crippen molar-refractivity contribution in [1.29, 1.82) is 0 Å². The molecule has 162 valence electrons. The van der Waals surface area contributed by atoms with E-state index in [4.69, 9.17) is 4.74 Å². The first-order valence-electron chi connectivity index (χ1n) is 11.2. The third-order valence-electron chi connectivity index (χ3n) is 5.99. The lowest BCUT2D eigenvalue weighted by Crippen LogP contribution is -2.41. The molecule has 3 rings (SSSR count). The fourth-order valence-corrected chi connectivity index (χ4v) is 4.30. The molecule has 0 aromatic heterocycles. The molecule has 4 heteroatoms. The topological polar surface area (TPSA) is 41.6 Å². The van der Waals surface area contributed by atoms with Crippen molar-refractivity contribution in [2.45, 2.75) is 52.6 Å². The summed E-state index contributed by atoms with van der Waals surface area (Å²) in [5.74, 6) is 1.65. The van der Waals surface area contributed by atoms with Crippen LogP contribution in [0.3, 0.4) is 0 Å². The van der Waals surface area contributed by atoms with Gasteiger partial charge in [0.15, 0.2) is 0 Å². The summed E-state index contributed by atoms with van der Waals surface area (Å²) in [5, 5.41) is 3.35. The van der Waals surface area contributed by atoms with Crippen LogP contribution >= 0.6 is 0 Å². The van der Waals surface area contributed by atoms with Gasteiger partial charge in [0, 0.05) is 12.5 Å². The normalized spacial score (nSPS) is 16.4. The standard InChI is InChI=1S/C26H36N2O2/c1-19(2)16-25(22-8-10-24(30-4)11-9-22)27-26(29)23-12-14-28(15-13-23)18-21-7-5-6-20(3)17-21/h5-11,17,19,23,25H,12-16,18H2,1-4H3,(H,27,29). The fourth-order valence-electron chi connectivity index (χ4n) is 4.30. The van der Waals surface area contributed by atoms with Crippen molar-refractivity contribution in [3.63, 3.8) is 0 Å². The number of carbonyl (C=O) groups is 1. The minimum Gasteiger partial charge on any atom is -0.497 e. The lowest BCUT2D eigenvalue weighted by Gasteiger charge is -2.32. The molecule has 1 amide bonds. The first kappa shape index (κ1) is 22.4. The van der Waals surface area contributed by atoms with Crippen molar-refractivity contribution in [2.75, 3.05) is 20.2 Å². The van der Waals surface area contributed by atoms with Crippen LogP contribution in [0.25, 0.3) is 0 Å². The summed E-state index contributed by atoms with van der Waals surface area (Å²) in [6.45, 7) is 9.46. The molecule has 0 aliphatic carbocycles. The Morgan fingerprint density at radius 1 is 1.13 bits per heavy atom.